The Morgan fingerprint density at radius 1 is 1.26 bits per heavy atom. The zero-order valence-electron chi connectivity index (χ0n) is 12.9. The van der Waals surface area contributed by atoms with Crippen LogP contribution in [0.5, 0.6) is 0 Å². The molecule has 0 unspecified atom stereocenters. The maximum absolute atomic E-state index is 12.9. The highest BCUT2D eigenvalue weighted by Gasteiger charge is 2.39. The Morgan fingerprint density at radius 3 is 2.57 bits per heavy atom. The molecule has 23 heavy (non-hydrogen) atoms. The Balaban J connectivity index is 1.57. The van der Waals surface area contributed by atoms with Gasteiger partial charge in [-0.1, -0.05) is 23.7 Å². The predicted octanol–water partition coefficient (Wildman–Crippen LogP) is 3.06. The molecule has 0 aliphatic carbocycles. The fourth-order valence-corrected chi connectivity index (χ4v) is 4.64. The number of amides is 1. The topological polar surface area (TPSA) is 45.2 Å². The summed E-state index contributed by atoms with van der Waals surface area (Å²) in [6.07, 6.45) is 0. The Morgan fingerprint density at radius 2 is 1.91 bits per heavy atom. The molecule has 2 fully saturated rings. The molecule has 1 N–H and O–H groups in total. The van der Waals surface area contributed by atoms with Crippen LogP contribution in [0, 0.1) is 18.8 Å². The van der Waals surface area contributed by atoms with Crippen LogP contribution in [0.3, 0.4) is 0 Å². The molecule has 1 amide bonds. The van der Waals surface area contributed by atoms with Gasteiger partial charge in [0, 0.05) is 36.8 Å². The zero-order valence-corrected chi connectivity index (χ0v) is 14.5. The van der Waals surface area contributed by atoms with Crippen molar-refractivity contribution in [3.63, 3.8) is 0 Å². The second-order valence-corrected chi connectivity index (χ2v) is 7.76. The number of likely N-dealkylation sites (tertiary alicyclic amines) is 1. The molecule has 3 heterocycles. The van der Waals surface area contributed by atoms with Crippen molar-refractivity contribution in [2.45, 2.75) is 6.92 Å². The average Bonchev–Trinajstić information content (AvgIpc) is 3.21. The number of hydrogen-bond acceptors (Lipinski definition) is 4. The molecule has 0 spiro atoms. The lowest BCUT2D eigenvalue weighted by atomic mass is 10.0. The molecular weight excluding hydrogens is 330 g/mol. The molecule has 4 rings (SSSR count). The maximum atomic E-state index is 12.9. The van der Waals surface area contributed by atoms with Crippen molar-refractivity contribution in [3.8, 4) is 10.6 Å². The van der Waals surface area contributed by atoms with E-state index in [9.17, 15) is 4.79 Å². The Bertz CT molecular complexity index is 731. The van der Waals surface area contributed by atoms with Crippen molar-refractivity contribution in [2.24, 2.45) is 11.8 Å². The van der Waals surface area contributed by atoms with Gasteiger partial charge < -0.3 is 10.2 Å². The minimum Gasteiger partial charge on any atom is -0.337 e. The quantitative estimate of drug-likeness (QED) is 0.908. The molecule has 1 aromatic carbocycles. The Kier molecular flexibility index (Phi) is 3.87. The molecule has 2 saturated heterocycles. The van der Waals surface area contributed by atoms with E-state index in [4.69, 9.17) is 11.6 Å². The van der Waals surface area contributed by atoms with Gasteiger partial charge in [0.15, 0.2) is 0 Å². The van der Waals surface area contributed by atoms with Crippen molar-refractivity contribution in [1.29, 1.82) is 0 Å². The summed E-state index contributed by atoms with van der Waals surface area (Å²) in [6, 6.07) is 7.59. The van der Waals surface area contributed by atoms with Gasteiger partial charge in [-0.3, -0.25) is 4.79 Å². The molecule has 2 aromatic rings. The van der Waals surface area contributed by atoms with Gasteiger partial charge in [-0.2, -0.15) is 0 Å². The van der Waals surface area contributed by atoms with Crippen LogP contribution in [0.2, 0.25) is 5.02 Å². The number of thiazole rings is 1. The number of nitrogens with one attached hydrogen (secondary N) is 1. The molecule has 0 radical (unpaired) electrons. The van der Waals surface area contributed by atoms with Gasteiger partial charge in [-0.15, -0.1) is 11.3 Å². The van der Waals surface area contributed by atoms with Crippen molar-refractivity contribution < 1.29 is 4.79 Å². The minimum absolute atomic E-state index is 0.134. The maximum Gasteiger partial charge on any atom is 0.265 e. The average molecular weight is 348 g/mol. The third-order valence-electron chi connectivity index (χ3n) is 4.76. The number of benzene rings is 1. The number of carbonyl (C=O) groups excluding carboxylic acids is 1. The number of hydrogen-bond donors (Lipinski definition) is 1. The van der Waals surface area contributed by atoms with E-state index in [1.807, 2.05) is 36.1 Å². The first-order valence-electron chi connectivity index (χ1n) is 7.85. The summed E-state index contributed by atoms with van der Waals surface area (Å²) in [5, 5.41) is 4.99. The zero-order chi connectivity index (χ0) is 16.0. The van der Waals surface area contributed by atoms with E-state index in [2.05, 4.69) is 10.3 Å². The van der Waals surface area contributed by atoms with Gasteiger partial charge in [0.1, 0.15) is 9.88 Å². The number of fused-ring (bicyclic) bond motifs is 1. The fourth-order valence-electron chi connectivity index (χ4n) is 3.48. The van der Waals surface area contributed by atoms with E-state index in [1.54, 1.807) is 0 Å². The number of halogens is 1. The number of carbonyl (C=O) groups is 1. The first kappa shape index (κ1) is 15.1. The van der Waals surface area contributed by atoms with Crippen LogP contribution < -0.4 is 5.32 Å². The van der Waals surface area contributed by atoms with Crippen LogP contribution >= 0.6 is 22.9 Å². The van der Waals surface area contributed by atoms with E-state index in [-0.39, 0.29) is 5.91 Å². The van der Waals surface area contributed by atoms with Crippen LogP contribution in [0.15, 0.2) is 24.3 Å². The predicted molar refractivity (Wildman–Crippen MR) is 93.1 cm³/mol. The van der Waals surface area contributed by atoms with E-state index >= 15 is 0 Å². The summed E-state index contributed by atoms with van der Waals surface area (Å²) >= 11 is 7.42. The molecule has 1 aromatic heterocycles. The number of aryl methyl sites for hydroxylation is 1. The molecular formula is C17H18ClN3OS. The molecule has 2 aliphatic rings. The summed E-state index contributed by atoms with van der Waals surface area (Å²) in [5.41, 5.74) is 1.82. The molecule has 2 aliphatic heterocycles. The van der Waals surface area contributed by atoms with Crippen LogP contribution in [-0.4, -0.2) is 42.0 Å². The van der Waals surface area contributed by atoms with Crippen molar-refractivity contribution in [3.05, 3.63) is 39.9 Å². The number of rotatable bonds is 2. The van der Waals surface area contributed by atoms with E-state index < -0.39 is 0 Å². The normalized spacial score (nSPS) is 23.3. The summed E-state index contributed by atoms with van der Waals surface area (Å²) in [4.78, 5) is 20.2. The van der Waals surface area contributed by atoms with E-state index in [0.29, 0.717) is 16.9 Å². The van der Waals surface area contributed by atoms with Gasteiger partial charge in [0.25, 0.3) is 5.91 Å². The van der Waals surface area contributed by atoms with Crippen LogP contribution in [0.4, 0.5) is 0 Å². The first-order chi connectivity index (χ1) is 11.1. The molecule has 0 bridgehead atoms. The standard InChI is InChI=1S/C17H18ClN3OS/c1-10-15(17(22)21-8-12-6-19-7-13(12)9-21)23-16(20-10)11-2-4-14(18)5-3-11/h2-5,12-13,19H,6-9H2,1H3/t12-,13+. The highest BCUT2D eigenvalue weighted by molar-refractivity contribution is 7.17. The van der Waals surface area contributed by atoms with Gasteiger partial charge in [0.2, 0.25) is 0 Å². The van der Waals surface area contributed by atoms with E-state index in [1.165, 1.54) is 11.3 Å². The Hall–Kier alpha value is -1.43. The monoisotopic (exact) mass is 347 g/mol. The van der Waals surface area contributed by atoms with Gasteiger partial charge in [-0.25, -0.2) is 4.98 Å². The second-order valence-electron chi connectivity index (χ2n) is 6.33. The fraction of sp³-hybridized carbons (Fsp3) is 0.412. The highest BCUT2D eigenvalue weighted by Crippen LogP contribution is 2.32. The largest absolute Gasteiger partial charge is 0.337 e. The number of aromatic nitrogens is 1. The molecule has 2 atom stereocenters. The van der Waals surface area contributed by atoms with Crippen LogP contribution in [0.1, 0.15) is 15.4 Å². The van der Waals surface area contributed by atoms with Crippen molar-refractivity contribution in [1.82, 2.24) is 15.2 Å². The molecule has 0 saturated carbocycles. The molecule has 120 valence electrons. The smallest absolute Gasteiger partial charge is 0.265 e. The summed E-state index contributed by atoms with van der Waals surface area (Å²) < 4.78 is 0. The molecule has 6 heteroatoms. The lowest BCUT2D eigenvalue weighted by Crippen LogP contribution is -2.31. The molecule has 4 nitrogen and oxygen atoms in total. The van der Waals surface area contributed by atoms with Gasteiger partial charge >= 0.3 is 0 Å². The summed E-state index contributed by atoms with van der Waals surface area (Å²) in [6.45, 7) is 5.72. The highest BCUT2D eigenvalue weighted by atomic mass is 35.5. The first-order valence-corrected chi connectivity index (χ1v) is 9.04. The Labute approximate surface area is 144 Å². The lowest BCUT2D eigenvalue weighted by molar-refractivity contribution is 0.0785. The van der Waals surface area contributed by atoms with Crippen molar-refractivity contribution >= 4 is 28.8 Å². The van der Waals surface area contributed by atoms with Crippen molar-refractivity contribution in [2.75, 3.05) is 26.2 Å². The van der Waals surface area contributed by atoms with Crippen LogP contribution in [-0.2, 0) is 0 Å². The minimum atomic E-state index is 0.134. The summed E-state index contributed by atoms with van der Waals surface area (Å²) in [5.74, 6) is 1.36. The second kappa shape index (κ2) is 5.89. The van der Waals surface area contributed by atoms with E-state index in [0.717, 1.165) is 47.3 Å². The third kappa shape index (κ3) is 2.77. The van der Waals surface area contributed by atoms with Gasteiger partial charge in [0.05, 0.1) is 5.69 Å². The SMILES string of the molecule is Cc1nc(-c2ccc(Cl)cc2)sc1C(=O)N1C[C@H]2CNC[C@H]2C1. The van der Waals surface area contributed by atoms with Gasteiger partial charge in [-0.05, 0) is 30.9 Å². The third-order valence-corrected chi connectivity index (χ3v) is 6.21. The van der Waals surface area contributed by atoms with Crippen LogP contribution in [0.25, 0.3) is 10.6 Å². The lowest BCUT2D eigenvalue weighted by Gasteiger charge is -2.16. The number of nitrogens with zero attached hydrogens (tertiary/aromatic N) is 2. The summed E-state index contributed by atoms with van der Waals surface area (Å²) in [7, 11) is 0.